The Labute approximate surface area is 153 Å². The minimum atomic E-state index is -0.827. The average Bonchev–Trinajstić information content (AvgIpc) is 3.19. The van der Waals surface area contributed by atoms with Crippen LogP contribution in [-0.2, 0) is 4.74 Å². The van der Waals surface area contributed by atoms with Crippen LogP contribution in [0.2, 0.25) is 0 Å². The van der Waals surface area contributed by atoms with Crippen molar-refractivity contribution >= 4 is 45.6 Å². The highest BCUT2D eigenvalue weighted by molar-refractivity contribution is 7.14. The largest absolute Gasteiger partial charge is 0.450 e. The highest BCUT2D eigenvalue weighted by Gasteiger charge is 2.20. The zero-order valence-corrected chi connectivity index (χ0v) is 15.0. The number of carbonyl (C=O) groups is 3. The van der Waals surface area contributed by atoms with E-state index in [0.29, 0.717) is 10.6 Å². The number of benzene rings is 1. The molecular weight excluding hydrogens is 356 g/mol. The monoisotopic (exact) mass is 374 g/mol. The summed E-state index contributed by atoms with van der Waals surface area (Å²) in [7, 11) is 0. The molecule has 8 nitrogen and oxygen atoms in total. The van der Waals surface area contributed by atoms with Gasteiger partial charge in [0.05, 0.1) is 29.7 Å². The molecule has 0 bridgehead atoms. The van der Waals surface area contributed by atoms with Crippen LogP contribution in [0, 0.1) is 0 Å². The number of anilines is 3. The summed E-state index contributed by atoms with van der Waals surface area (Å²) in [6.45, 7) is 3.77. The summed E-state index contributed by atoms with van der Waals surface area (Å²) in [4.78, 5) is 36.0. The zero-order chi connectivity index (χ0) is 18.7. The maximum atomic E-state index is 12.5. The van der Waals surface area contributed by atoms with Crippen molar-refractivity contribution in [2.75, 3.05) is 22.6 Å². The molecule has 0 saturated heterocycles. The lowest BCUT2D eigenvalue weighted by atomic mass is 10.1. The van der Waals surface area contributed by atoms with E-state index in [1.54, 1.807) is 24.4 Å². The van der Waals surface area contributed by atoms with E-state index in [9.17, 15) is 14.4 Å². The maximum Gasteiger partial charge on any atom is 0.414 e. The number of carbonyl (C=O) groups excluding carboxylic acids is 3. The highest BCUT2D eigenvalue weighted by atomic mass is 32.1. The van der Waals surface area contributed by atoms with Crippen LogP contribution in [-0.4, -0.2) is 30.7 Å². The van der Waals surface area contributed by atoms with Crippen LogP contribution in [0.4, 0.5) is 21.2 Å². The van der Waals surface area contributed by atoms with Crippen molar-refractivity contribution in [3.8, 4) is 0 Å². The van der Waals surface area contributed by atoms with Crippen LogP contribution in [0.5, 0.6) is 0 Å². The van der Waals surface area contributed by atoms with Gasteiger partial charge in [0.1, 0.15) is 5.00 Å². The molecule has 3 rings (SSSR count). The molecule has 0 fully saturated rings. The Kier molecular flexibility index (Phi) is 5.08. The van der Waals surface area contributed by atoms with Gasteiger partial charge in [0.15, 0.2) is 0 Å². The van der Waals surface area contributed by atoms with Crippen molar-refractivity contribution in [3.05, 3.63) is 40.8 Å². The van der Waals surface area contributed by atoms with E-state index in [-0.39, 0.29) is 24.2 Å². The van der Waals surface area contributed by atoms with Gasteiger partial charge in [-0.05, 0) is 43.5 Å². The molecule has 0 aliphatic carbocycles. The third-order valence-corrected chi connectivity index (χ3v) is 4.48. The lowest BCUT2D eigenvalue weighted by Gasteiger charge is -2.08. The van der Waals surface area contributed by atoms with Gasteiger partial charge >= 0.3 is 6.09 Å². The second-order valence-electron chi connectivity index (χ2n) is 5.56. The number of ether oxygens (including phenoxy) is 1. The van der Waals surface area contributed by atoms with E-state index >= 15 is 0 Å². The Balaban J connectivity index is 1.71. The second kappa shape index (κ2) is 7.44. The fourth-order valence-electron chi connectivity index (χ4n) is 2.52. The van der Waals surface area contributed by atoms with Gasteiger partial charge in [-0.3, -0.25) is 14.9 Å². The molecule has 2 aromatic rings. The molecule has 1 aromatic carbocycles. The van der Waals surface area contributed by atoms with Crippen LogP contribution in [0.25, 0.3) is 0 Å². The Morgan fingerprint density at radius 2 is 1.92 bits per heavy atom. The molecule has 1 aliphatic rings. The van der Waals surface area contributed by atoms with Gasteiger partial charge in [-0.1, -0.05) is 0 Å². The number of amides is 3. The number of fused-ring (bicyclic) bond motifs is 1. The fraction of sp³-hybridized carbons (Fsp3) is 0.235. The summed E-state index contributed by atoms with van der Waals surface area (Å²) in [5, 5.41) is 13.3. The van der Waals surface area contributed by atoms with Crippen LogP contribution in [0.1, 0.15) is 34.6 Å². The van der Waals surface area contributed by atoms with Crippen LogP contribution >= 0.6 is 11.3 Å². The van der Waals surface area contributed by atoms with Crippen LogP contribution in [0.15, 0.2) is 29.6 Å². The molecular formula is C17H18N4O4S. The lowest BCUT2D eigenvalue weighted by Crippen LogP contribution is -2.31. The molecule has 136 valence electrons. The zero-order valence-electron chi connectivity index (χ0n) is 14.2. The van der Waals surface area contributed by atoms with Crippen molar-refractivity contribution in [2.24, 2.45) is 0 Å². The Morgan fingerprint density at radius 3 is 2.69 bits per heavy atom. The Hall–Kier alpha value is -3.07. The van der Waals surface area contributed by atoms with E-state index in [1.807, 2.05) is 13.0 Å². The predicted octanol–water partition coefficient (Wildman–Crippen LogP) is 3.07. The minimum Gasteiger partial charge on any atom is -0.450 e. The number of hydrogen-bond acceptors (Lipinski definition) is 7. The molecule has 0 saturated carbocycles. The molecule has 2 heterocycles. The van der Waals surface area contributed by atoms with Gasteiger partial charge in [0, 0.05) is 5.56 Å². The second-order valence-corrected chi connectivity index (χ2v) is 6.48. The molecule has 4 N–H and O–H groups in total. The molecule has 26 heavy (non-hydrogen) atoms. The van der Waals surface area contributed by atoms with E-state index < -0.39 is 12.0 Å². The van der Waals surface area contributed by atoms with Gasteiger partial charge in [-0.25, -0.2) is 4.79 Å². The smallest absolute Gasteiger partial charge is 0.414 e. The fourth-order valence-corrected chi connectivity index (χ4v) is 3.30. The van der Waals surface area contributed by atoms with Crippen molar-refractivity contribution in [1.82, 2.24) is 5.32 Å². The first-order chi connectivity index (χ1) is 12.5. The minimum absolute atomic E-state index is 0.0961. The number of hydrogen-bond donors (Lipinski definition) is 4. The number of imide groups is 1. The first kappa shape index (κ1) is 17.7. The molecule has 1 aliphatic heterocycles. The molecule has 1 atom stereocenters. The van der Waals surface area contributed by atoms with Crippen molar-refractivity contribution in [1.29, 1.82) is 0 Å². The van der Waals surface area contributed by atoms with E-state index in [2.05, 4.69) is 26.0 Å². The van der Waals surface area contributed by atoms with Gasteiger partial charge in [-0.15, -0.1) is 11.3 Å². The molecule has 0 spiro atoms. The van der Waals surface area contributed by atoms with E-state index in [1.165, 1.54) is 17.4 Å². The Morgan fingerprint density at radius 1 is 1.15 bits per heavy atom. The summed E-state index contributed by atoms with van der Waals surface area (Å²) in [5.74, 6) is -0.976. The number of nitrogens with one attached hydrogen (secondary N) is 4. The summed E-state index contributed by atoms with van der Waals surface area (Å²) < 4.78 is 4.68. The summed E-state index contributed by atoms with van der Waals surface area (Å²) in [6, 6.07) is 6.80. The SMILES string of the molecule is CCOC(=O)NC(=O)c1ccsc1NC(=O)c1ccc2c(c1)NC(C)N2. The number of thiophene rings is 1. The lowest BCUT2D eigenvalue weighted by molar-refractivity contribution is 0.0926. The molecule has 1 aromatic heterocycles. The summed E-state index contributed by atoms with van der Waals surface area (Å²) in [6.07, 6.45) is -0.730. The molecule has 0 radical (unpaired) electrons. The molecule has 3 amide bonds. The van der Waals surface area contributed by atoms with Gasteiger partial charge < -0.3 is 20.7 Å². The Bertz CT molecular complexity index is 864. The summed E-state index contributed by atoms with van der Waals surface area (Å²) >= 11 is 1.19. The first-order valence-corrected chi connectivity index (χ1v) is 8.90. The maximum absolute atomic E-state index is 12.5. The van der Waals surface area contributed by atoms with Crippen molar-refractivity contribution < 1.29 is 19.1 Å². The third kappa shape index (κ3) is 3.77. The normalized spacial score (nSPS) is 14.6. The van der Waals surface area contributed by atoms with Gasteiger partial charge in [0.2, 0.25) is 0 Å². The van der Waals surface area contributed by atoms with Gasteiger partial charge in [-0.2, -0.15) is 0 Å². The average molecular weight is 374 g/mol. The van der Waals surface area contributed by atoms with E-state index in [4.69, 9.17) is 0 Å². The quantitative estimate of drug-likeness (QED) is 0.655. The molecule has 1 unspecified atom stereocenters. The van der Waals surface area contributed by atoms with Crippen molar-refractivity contribution in [3.63, 3.8) is 0 Å². The molecule has 9 heteroatoms. The third-order valence-electron chi connectivity index (χ3n) is 3.65. The van der Waals surface area contributed by atoms with Gasteiger partial charge in [0.25, 0.3) is 11.8 Å². The first-order valence-electron chi connectivity index (χ1n) is 8.02. The predicted molar refractivity (Wildman–Crippen MR) is 99.9 cm³/mol. The van der Waals surface area contributed by atoms with Crippen LogP contribution < -0.4 is 21.3 Å². The number of alkyl carbamates (subject to hydrolysis) is 1. The highest BCUT2D eigenvalue weighted by Crippen LogP contribution is 2.30. The van der Waals surface area contributed by atoms with Crippen LogP contribution in [0.3, 0.4) is 0 Å². The van der Waals surface area contributed by atoms with Crippen molar-refractivity contribution in [2.45, 2.75) is 20.0 Å². The number of rotatable bonds is 4. The van der Waals surface area contributed by atoms with E-state index in [0.717, 1.165) is 11.4 Å². The standard InChI is InChI=1S/C17H18N4O4S/c1-3-25-17(24)21-15(23)11-6-7-26-16(11)20-14(22)10-4-5-12-13(8-10)19-9(2)18-12/h4-9,18-19H,3H2,1-2H3,(H,20,22)(H,21,23,24). The summed E-state index contributed by atoms with van der Waals surface area (Å²) in [5.41, 5.74) is 2.43. The topological polar surface area (TPSA) is 109 Å².